The number of amides is 1. The van der Waals surface area contributed by atoms with Gasteiger partial charge in [-0.3, -0.25) is 14.9 Å². The highest BCUT2D eigenvalue weighted by Crippen LogP contribution is 2.23. The van der Waals surface area contributed by atoms with E-state index in [-0.39, 0.29) is 23.5 Å². The molecule has 4 N–H and O–H groups in total. The molecular formula is C15H23N3O4. The van der Waals surface area contributed by atoms with E-state index in [0.29, 0.717) is 12.8 Å². The van der Waals surface area contributed by atoms with Crippen molar-refractivity contribution in [3.63, 3.8) is 0 Å². The molecule has 0 unspecified atom stereocenters. The average Bonchev–Trinajstić information content (AvgIpc) is 2.45. The number of carbonyl (C=O) groups is 1. The Balaban J connectivity index is 2.80. The highest BCUT2D eigenvalue weighted by Gasteiger charge is 2.26. The second kappa shape index (κ2) is 7.74. The molecule has 1 aromatic rings. The third-order valence-electron chi connectivity index (χ3n) is 3.50. The van der Waals surface area contributed by atoms with Crippen LogP contribution in [0.2, 0.25) is 0 Å². The summed E-state index contributed by atoms with van der Waals surface area (Å²) in [6.07, 6.45) is 2.78. The number of aliphatic hydroxyl groups is 1. The normalized spacial score (nSPS) is 11.2. The van der Waals surface area contributed by atoms with Crippen LogP contribution in [0.15, 0.2) is 18.2 Å². The summed E-state index contributed by atoms with van der Waals surface area (Å²) in [5.74, 6) is -0.464. The van der Waals surface area contributed by atoms with E-state index in [1.54, 1.807) is 0 Å². The average molecular weight is 309 g/mol. The highest BCUT2D eigenvalue weighted by atomic mass is 16.6. The van der Waals surface area contributed by atoms with Crippen molar-refractivity contribution in [3.8, 4) is 0 Å². The van der Waals surface area contributed by atoms with Gasteiger partial charge in [0.05, 0.1) is 10.5 Å². The SMILES string of the molecule is CCCC(O)(CCC)CNC(=O)c1ccc(N)c([N+](=O)[O-])c1. The van der Waals surface area contributed by atoms with Crippen LogP contribution in [0.25, 0.3) is 0 Å². The van der Waals surface area contributed by atoms with Crippen LogP contribution in [0.5, 0.6) is 0 Å². The van der Waals surface area contributed by atoms with Crippen LogP contribution in [0.4, 0.5) is 11.4 Å². The molecule has 0 spiro atoms. The number of nitrogens with one attached hydrogen (secondary N) is 1. The molecule has 0 heterocycles. The number of carbonyl (C=O) groups excluding carboxylic acids is 1. The molecule has 22 heavy (non-hydrogen) atoms. The first-order chi connectivity index (χ1) is 10.3. The highest BCUT2D eigenvalue weighted by molar-refractivity contribution is 5.95. The molecule has 0 aliphatic heterocycles. The summed E-state index contributed by atoms with van der Waals surface area (Å²) < 4.78 is 0. The van der Waals surface area contributed by atoms with Crippen LogP contribution in [0.1, 0.15) is 49.9 Å². The maximum Gasteiger partial charge on any atom is 0.292 e. The molecule has 0 fully saturated rings. The van der Waals surface area contributed by atoms with E-state index in [2.05, 4.69) is 5.32 Å². The first-order valence-corrected chi connectivity index (χ1v) is 7.37. The monoisotopic (exact) mass is 309 g/mol. The van der Waals surface area contributed by atoms with Gasteiger partial charge in [-0.15, -0.1) is 0 Å². The lowest BCUT2D eigenvalue weighted by molar-refractivity contribution is -0.383. The van der Waals surface area contributed by atoms with Gasteiger partial charge in [0.2, 0.25) is 0 Å². The predicted molar refractivity (Wildman–Crippen MR) is 84.6 cm³/mol. The van der Waals surface area contributed by atoms with E-state index in [4.69, 9.17) is 5.73 Å². The van der Waals surface area contributed by atoms with Gasteiger partial charge in [-0.2, -0.15) is 0 Å². The van der Waals surface area contributed by atoms with E-state index >= 15 is 0 Å². The van der Waals surface area contributed by atoms with Gasteiger partial charge in [-0.05, 0) is 25.0 Å². The zero-order valence-electron chi connectivity index (χ0n) is 13.0. The Labute approximate surface area is 129 Å². The lowest BCUT2D eigenvalue weighted by Gasteiger charge is -2.27. The minimum Gasteiger partial charge on any atom is -0.393 e. The van der Waals surface area contributed by atoms with Crippen molar-refractivity contribution in [1.29, 1.82) is 0 Å². The van der Waals surface area contributed by atoms with Crippen molar-refractivity contribution in [1.82, 2.24) is 5.32 Å². The van der Waals surface area contributed by atoms with E-state index in [9.17, 15) is 20.0 Å². The van der Waals surface area contributed by atoms with E-state index in [1.165, 1.54) is 12.1 Å². The minimum absolute atomic E-state index is 0.00928. The van der Waals surface area contributed by atoms with Gasteiger partial charge in [0.25, 0.3) is 11.6 Å². The summed E-state index contributed by atoms with van der Waals surface area (Å²) in [5.41, 5.74) is 4.41. The van der Waals surface area contributed by atoms with Crippen LogP contribution in [0.3, 0.4) is 0 Å². The molecule has 122 valence electrons. The number of benzene rings is 1. The number of nitrogens with zero attached hydrogens (tertiary/aromatic N) is 1. The molecule has 7 nitrogen and oxygen atoms in total. The number of nitro benzene ring substituents is 1. The Bertz CT molecular complexity index is 540. The number of anilines is 1. The summed E-state index contributed by atoms with van der Waals surface area (Å²) in [7, 11) is 0. The summed E-state index contributed by atoms with van der Waals surface area (Å²) in [5, 5.41) is 23.9. The van der Waals surface area contributed by atoms with Crippen molar-refractivity contribution in [3.05, 3.63) is 33.9 Å². The largest absolute Gasteiger partial charge is 0.393 e. The fourth-order valence-electron chi connectivity index (χ4n) is 2.42. The number of nitrogens with two attached hydrogens (primary N) is 1. The van der Waals surface area contributed by atoms with Crippen molar-refractivity contribution >= 4 is 17.3 Å². The standard InChI is InChI=1S/C15H23N3O4/c1-3-7-15(20,8-4-2)10-17-14(19)11-5-6-12(16)13(9-11)18(21)22/h5-6,9,20H,3-4,7-8,10,16H2,1-2H3,(H,17,19). The molecule has 0 saturated heterocycles. The number of hydrogen-bond donors (Lipinski definition) is 3. The molecule has 0 aromatic heterocycles. The lowest BCUT2D eigenvalue weighted by atomic mass is 9.92. The topological polar surface area (TPSA) is 118 Å². The summed E-state index contributed by atoms with van der Waals surface area (Å²) in [6.45, 7) is 4.04. The van der Waals surface area contributed by atoms with Gasteiger partial charge < -0.3 is 16.2 Å². The molecule has 0 saturated carbocycles. The third-order valence-corrected chi connectivity index (χ3v) is 3.50. The van der Waals surface area contributed by atoms with E-state index in [1.807, 2.05) is 13.8 Å². The van der Waals surface area contributed by atoms with E-state index < -0.39 is 16.4 Å². The number of nitrogen functional groups attached to an aromatic ring is 1. The van der Waals surface area contributed by atoms with Crippen LogP contribution >= 0.6 is 0 Å². The van der Waals surface area contributed by atoms with Crippen molar-refractivity contribution in [2.45, 2.75) is 45.1 Å². The molecule has 1 rings (SSSR count). The Kier molecular flexibility index (Phi) is 6.30. The first-order valence-electron chi connectivity index (χ1n) is 7.37. The Morgan fingerprint density at radius 3 is 2.45 bits per heavy atom. The van der Waals surface area contributed by atoms with Gasteiger partial charge in [-0.25, -0.2) is 0 Å². The zero-order valence-corrected chi connectivity index (χ0v) is 13.0. The fraction of sp³-hybridized carbons (Fsp3) is 0.533. The maximum absolute atomic E-state index is 12.1. The molecule has 0 atom stereocenters. The molecule has 7 heteroatoms. The van der Waals surface area contributed by atoms with Crippen molar-refractivity contribution in [2.75, 3.05) is 12.3 Å². The van der Waals surface area contributed by atoms with Gasteiger partial charge in [-0.1, -0.05) is 26.7 Å². The van der Waals surface area contributed by atoms with E-state index in [0.717, 1.165) is 18.9 Å². The molecule has 1 amide bonds. The predicted octanol–water partition coefficient (Wildman–Crippen LogP) is 2.24. The van der Waals surface area contributed by atoms with Crippen LogP contribution in [0, 0.1) is 10.1 Å². The summed E-state index contributed by atoms with van der Waals surface area (Å²) >= 11 is 0. The molecule has 0 aliphatic rings. The first kappa shape index (κ1) is 17.9. The van der Waals surface area contributed by atoms with Crippen LogP contribution in [-0.4, -0.2) is 28.1 Å². The van der Waals surface area contributed by atoms with Gasteiger partial charge in [0, 0.05) is 18.2 Å². The number of nitro groups is 1. The quantitative estimate of drug-likeness (QED) is 0.386. The number of hydrogen-bond acceptors (Lipinski definition) is 5. The van der Waals surface area contributed by atoms with Gasteiger partial charge in [0.1, 0.15) is 5.69 Å². The van der Waals surface area contributed by atoms with Crippen molar-refractivity contribution in [2.24, 2.45) is 0 Å². The summed E-state index contributed by atoms with van der Waals surface area (Å²) in [6, 6.07) is 3.90. The smallest absolute Gasteiger partial charge is 0.292 e. The molecule has 0 radical (unpaired) electrons. The zero-order chi connectivity index (χ0) is 16.8. The molecule has 1 aromatic carbocycles. The third kappa shape index (κ3) is 4.70. The van der Waals surface area contributed by atoms with Crippen LogP contribution in [-0.2, 0) is 0 Å². The second-order valence-corrected chi connectivity index (χ2v) is 5.44. The second-order valence-electron chi connectivity index (χ2n) is 5.44. The van der Waals surface area contributed by atoms with Crippen molar-refractivity contribution < 1.29 is 14.8 Å². The lowest BCUT2D eigenvalue weighted by Crippen LogP contribution is -2.42. The maximum atomic E-state index is 12.1. The molecule has 0 bridgehead atoms. The Morgan fingerprint density at radius 2 is 1.95 bits per heavy atom. The van der Waals surface area contributed by atoms with Gasteiger partial charge in [0.15, 0.2) is 0 Å². The number of rotatable bonds is 8. The minimum atomic E-state index is -0.946. The van der Waals surface area contributed by atoms with Gasteiger partial charge >= 0.3 is 0 Å². The summed E-state index contributed by atoms with van der Waals surface area (Å²) in [4.78, 5) is 22.3. The molecular weight excluding hydrogens is 286 g/mol. The molecule has 0 aliphatic carbocycles. The van der Waals surface area contributed by atoms with Crippen LogP contribution < -0.4 is 11.1 Å². The fourth-order valence-corrected chi connectivity index (χ4v) is 2.42. The Hall–Kier alpha value is -2.15. The Morgan fingerprint density at radius 1 is 1.36 bits per heavy atom.